The van der Waals surface area contributed by atoms with Crippen LogP contribution in [-0.2, 0) is 4.79 Å². The van der Waals surface area contributed by atoms with Gasteiger partial charge in [0, 0.05) is 18.3 Å². The van der Waals surface area contributed by atoms with Crippen molar-refractivity contribution in [2.45, 2.75) is 32.7 Å². The Kier molecular flexibility index (Phi) is 4.45. The van der Waals surface area contributed by atoms with Crippen molar-refractivity contribution >= 4 is 17.7 Å². The first kappa shape index (κ1) is 15.3. The van der Waals surface area contributed by atoms with Gasteiger partial charge in [-0.25, -0.2) is 9.18 Å². The Morgan fingerprint density at radius 3 is 2.71 bits per heavy atom. The fraction of sp³-hybridized carbons (Fsp3) is 0.467. The number of carbonyl (C=O) groups is 2. The highest BCUT2D eigenvalue weighted by Crippen LogP contribution is 2.24. The van der Waals surface area contributed by atoms with Crippen LogP contribution >= 0.6 is 0 Å². The van der Waals surface area contributed by atoms with Crippen molar-refractivity contribution in [2.24, 2.45) is 5.92 Å². The number of anilines is 1. The lowest BCUT2D eigenvalue weighted by atomic mass is 9.92. The zero-order valence-corrected chi connectivity index (χ0v) is 12.1. The zero-order chi connectivity index (χ0) is 15.6. The van der Waals surface area contributed by atoms with Crippen molar-refractivity contribution in [3.8, 4) is 0 Å². The van der Waals surface area contributed by atoms with Crippen molar-refractivity contribution in [1.29, 1.82) is 0 Å². The summed E-state index contributed by atoms with van der Waals surface area (Å²) in [4.78, 5) is 24.8. The molecule has 1 heterocycles. The minimum absolute atomic E-state index is 0.157. The van der Waals surface area contributed by atoms with E-state index in [2.05, 4.69) is 5.32 Å². The molecule has 2 atom stereocenters. The summed E-state index contributed by atoms with van der Waals surface area (Å²) in [6, 6.07) is 4.04. The van der Waals surface area contributed by atoms with Crippen molar-refractivity contribution < 1.29 is 19.1 Å². The largest absolute Gasteiger partial charge is 0.481 e. The molecule has 1 aromatic rings. The van der Waals surface area contributed by atoms with E-state index in [1.54, 1.807) is 24.0 Å². The first-order valence-electron chi connectivity index (χ1n) is 6.95. The van der Waals surface area contributed by atoms with Crippen LogP contribution in [0.2, 0.25) is 0 Å². The number of amides is 2. The summed E-state index contributed by atoms with van der Waals surface area (Å²) < 4.78 is 13.5. The van der Waals surface area contributed by atoms with Gasteiger partial charge < -0.3 is 15.3 Å². The molecule has 1 aliphatic heterocycles. The molecule has 6 heteroatoms. The SMILES string of the molecule is Cc1ccc(NC(=O)N2CCC(C(=O)O)CC2C)cc1F. The summed E-state index contributed by atoms with van der Waals surface area (Å²) in [5.41, 5.74) is 0.916. The molecule has 114 valence electrons. The number of carboxylic acid groups (broad SMARTS) is 1. The molecule has 1 saturated heterocycles. The van der Waals surface area contributed by atoms with Gasteiger partial charge in [-0.1, -0.05) is 6.07 Å². The number of rotatable bonds is 2. The van der Waals surface area contributed by atoms with Crippen LogP contribution in [0.15, 0.2) is 18.2 Å². The molecule has 0 bridgehead atoms. The van der Waals surface area contributed by atoms with Gasteiger partial charge in [0.15, 0.2) is 0 Å². The van der Waals surface area contributed by atoms with E-state index >= 15 is 0 Å². The highest BCUT2D eigenvalue weighted by molar-refractivity contribution is 5.89. The summed E-state index contributed by atoms with van der Waals surface area (Å²) in [5.74, 6) is -1.59. The van der Waals surface area contributed by atoms with E-state index in [0.29, 0.717) is 30.6 Å². The van der Waals surface area contributed by atoms with Crippen LogP contribution in [-0.4, -0.2) is 34.6 Å². The molecule has 5 nitrogen and oxygen atoms in total. The molecule has 1 aromatic carbocycles. The minimum atomic E-state index is -0.817. The number of carbonyl (C=O) groups excluding carboxylic acids is 1. The third-order valence-electron chi connectivity index (χ3n) is 3.91. The third kappa shape index (κ3) is 3.51. The quantitative estimate of drug-likeness (QED) is 0.881. The fourth-order valence-electron chi connectivity index (χ4n) is 2.56. The van der Waals surface area contributed by atoms with Crippen molar-refractivity contribution in [1.82, 2.24) is 4.90 Å². The standard InChI is InChI=1S/C15H19FN2O3/c1-9-3-4-12(8-13(9)16)17-15(21)18-6-5-11(14(19)20)7-10(18)2/h3-4,8,10-11H,5-7H2,1-2H3,(H,17,21)(H,19,20). The maximum Gasteiger partial charge on any atom is 0.322 e. The summed E-state index contributed by atoms with van der Waals surface area (Å²) in [6.45, 7) is 3.86. The Balaban J connectivity index is 2.00. The Morgan fingerprint density at radius 2 is 2.14 bits per heavy atom. The van der Waals surface area contributed by atoms with Crippen LogP contribution in [0.1, 0.15) is 25.3 Å². The second-order valence-electron chi connectivity index (χ2n) is 5.50. The third-order valence-corrected chi connectivity index (χ3v) is 3.91. The monoisotopic (exact) mass is 294 g/mol. The predicted octanol–water partition coefficient (Wildman–Crippen LogP) is 2.85. The van der Waals surface area contributed by atoms with Gasteiger partial charge >= 0.3 is 12.0 Å². The molecule has 2 rings (SSSR count). The molecular weight excluding hydrogens is 275 g/mol. The molecule has 1 aliphatic rings. The number of urea groups is 1. The maximum atomic E-state index is 13.5. The van der Waals surface area contributed by atoms with Crippen molar-refractivity contribution in [2.75, 3.05) is 11.9 Å². The lowest BCUT2D eigenvalue weighted by Gasteiger charge is -2.36. The molecule has 2 unspecified atom stereocenters. The molecule has 2 N–H and O–H groups in total. The number of halogens is 1. The number of carboxylic acids is 1. The summed E-state index contributed by atoms with van der Waals surface area (Å²) in [7, 11) is 0. The molecule has 0 aromatic heterocycles. The van der Waals surface area contributed by atoms with Gasteiger partial charge in [0.25, 0.3) is 0 Å². The van der Waals surface area contributed by atoms with E-state index < -0.39 is 11.9 Å². The lowest BCUT2D eigenvalue weighted by molar-refractivity contribution is -0.143. The Hall–Kier alpha value is -2.11. The number of nitrogens with zero attached hydrogens (tertiary/aromatic N) is 1. The highest BCUT2D eigenvalue weighted by atomic mass is 19.1. The van der Waals surface area contributed by atoms with Gasteiger partial charge in [-0.05, 0) is 44.4 Å². The van der Waals surface area contributed by atoms with E-state index in [-0.39, 0.29) is 17.9 Å². The number of nitrogens with one attached hydrogen (secondary N) is 1. The molecule has 21 heavy (non-hydrogen) atoms. The van der Waals surface area contributed by atoms with Crippen LogP contribution in [0.5, 0.6) is 0 Å². The Bertz CT molecular complexity index is 562. The first-order valence-corrected chi connectivity index (χ1v) is 6.95. The van der Waals surface area contributed by atoms with Gasteiger partial charge in [-0.3, -0.25) is 4.79 Å². The van der Waals surface area contributed by atoms with Crippen LogP contribution in [0.25, 0.3) is 0 Å². The molecule has 0 saturated carbocycles. The van der Waals surface area contributed by atoms with E-state index in [1.807, 2.05) is 6.92 Å². The lowest BCUT2D eigenvalue weighted by Crippen LogP contribution is -2.47. The average Bonchev–Trinajstić information content (AvgIpc) is 2.42. The molecule has 0 aliphatic carbocycles. The fourth-order valence-corrected chi connectivity index (χ4v) is 2.56. The van der Waals surface area contributed by atoms with E-state index in [1.165, 1.54) is 6.07 Å². The number of hydrogen-bond acceptors (Lipinski definition) is 2. The topological polar surface area (TPSA) is 69.6 Å². The van der Waals surface area contributed by atoms with Gasteiger partial charge in [0.1, 0.15) is 5.82 Å². The number of likely N-dealkylation sites (tertiary alicyclic amines) is 1. The average molecular weight is 294 g/mol. The smallest absolute Gasteiger partial charge is 0.322 e. The van der Waals surface area contributed by atoms with E-state index in [0.717, 1.165) is 0 Å². The summed E-state index contributed by atoms with van der Waals surface area (Å²) in [5, 5.41) is 11.7. The number of piperidine rings is 1. The van der Waals surface area contributed by atoms with Gasteiger partial charge in [-0.2, -0.15) is 0 Å². The Labute approximate surface area is 122 Å². The van der Waals surface area contributed by atoms with Crippen LogP contribution in [0.3, 0.4) is 0 Å². The van der Waals surface area contributed by atoms with Crippen molar-refractivity contribution in [3.63, 3.8) is 0 Å². The van der Waals surface area contributed by atoms with Gasteiger partial charge in [0.05, 0.1) is 5.92 Å². The summed E-state index contributed by atoms with van der Waals surface area (Å²) in [6.07, 6.45) is 0.875. The molecular formula is C15H19FN2O3. The molecule has 1 fully saturated rings. The second-order valence-corrected chi connectivity index (χ2v) is 5.50. The van der Waals surface area contributed by atoms with Crippen LogP contribution in [0, 0.1) is 18.7 Å². The minimum Gasteiger partial charge on any atom is -0.481 e. The normalized spacial score (nSPS) is 22.0. The number of aliphatic carboxylic acids is 1. The molecule has 2 amide bonds. The van der Waals surface area contributed by atoms with Gasteiger partial charge in [-0.15, -0.1) is 0 Å². The zero-order valence-electron chi connectivity index (χ0n) is 12.1. The second kappa shape index (κ2) is 6.11. The Morgan fingerprint density at radius 1 is 1.43 bits per heavy atom. The summed E-state index contributed by atoms with van der Waals surface area (Å²) >= 11 is 0. The maximum absolute atomic E-state index is 13.5. The van der Waals surface area contributed by atoms with E-state index in [4.69, 9.17) is 5.11 Å². The number of benzene rings is 1. The van der Waals surface area contributed by atoms with Crippen LogP contribution in [0.4, 0.5) is 14.9 Å². The van der Waals surface area contributed by atoms with Crippen LogP contribution < -0.4 is 5.32 Å². The molecule has 0 spiro atoms. The highest BCUT2D eigenvalue weighted by Gasteiger charge is 2.32. The van der Waals surface area contributed by atoms with E-state index in [9.17, 15) is 14.0 Å². The predicted molar refractivity (Wildman–Crippen MR) is 76.7 cm³/mol. The van der Waals surface area contributed by atoms with Gasteiger partial charge in [0.2, 0.25) is 0 Å². The molecule has 0 radical (unpaired) electrons. The first-order chi connectivity index (χ1) is 9.88. The van der Waals surface area contributed by atoms with Crippen molar-refractivity contribution in [3.05, 3.63) is 29.6 Å². The number of aryl methyl sites for hydroxylation is 1. The number of hydrogen-bond donors (Lipinski definition) is 2.